The first-order valence-electron chi connectivity index (χ1n) is 11.5. The number of hydrogen-bond acceptors (Lipinski definition) is 7. The summed E-state index contributed by atoms with van der Waals surface area (Å²) in [6.45, 7) is 2.31. The number of nitrogen functional groups attached to an aromatic ring is 1. The zero-order valence-electron chi connectivity index (χ0n) is 19.4. The quantitative estimate of drug-likeness (QED) is 0.353. The number of aromatic nitrogens is 1. The molecular formula is C23H30F3N5O3S. The number of nitrogens with one attached hydrogen (secondary N) is 3. The third-order valence-electron chi connectivity index (χ3n) is 5.78. The molecule has 1 aromatic carbocycles. The molecule has 35 heavy (non-hydrogen) atoms. The molecule has 1 saturated carbocycles. The molecule has 0 saturated heterocycles. The number of anilines is 2. The molecule has 2 aromatic rings. The Hall–Kier alpha value is -3.02. The van der Waals surface area contributed by atoms with Crippen molar-refractivity contribution in [3.63, 3.8) is 0 Å². The van der Waals surface area contributed by atoms with E-state index >= 15 is 0 Å². The van der Waals surface area contributed by atoms with Crippen LogP contribution in [0.25, 0.3) is 0 Å². The number of halogens is 3. The first-order chi connectivity index (χ1) is 16.6. The molecule has 0 radical (unpaired) electrons. The molecule has 192 valence electrons. The average Bonchev–Trinajstić information content (AvgIpc) is 3.15. The first kappa shape index (κ1) is 26.6. The molecule has 8 nitrogen and oxygen atoms in total. The number of thiazole rings is 1. The van der Waals surface area contributed by atoms with Crippen molar-refractivity contribution in [1.29, 1.82) is 0 Å². The van der Waals surface area contributed by atoms with Crippen LogP contribution in [0.2, 0.25) is 0 Å². The van der Waals surface area contributed by atoms with Crippen LogP contribution in [0.4, 0.5) is 24.0 Å². The van der Waals surface area contributed by atoms with Crippen molar-refractivity contribution >= 4 is 34.0 Å². The first-order valence-corrected chi connectivity index (χ1v) is 12.3. The highest BCUT2D eigenvalue weighted by atomic mass is 32.1. The number of nitrogens with two attached hydrogens (primary N) is 1. The number of nitrogens with zero attached hydrogens (tertiary/aromatic N) is 1. The molecule has 0 bridgehead atoms. The van der Waals surface area contributed by atoms with Gasteiger partial charge in [-0.05, 0) is 43.5 Å². The van der Waals surface area contributed by atoms with Gasteiger partial charge in [-0.1, -0.05) is 43.4 Å². The van der Waals surface area contributed by atoms with E-state index in [-0.39, 0.29) is 24.1 Å². The smallest absolute Gasteiger partial charge is 0.406 e. The van der Waals surface area contributed by atoms with E-state index < -0.39 is 12.4 Å². The number of carbonyl (C=O) groups excluding carboxylic acids is 2. The highest BCUT2D eigenvalue weighted by Crippen LogP contribution is 2.28. The van der Waals surface area contributed by atoms with E-state index in [0.717, 1.165) is 37.0 Å². The Morgan fingerprint density at radius 1 is 1.17 bits per heavy atom. The van der Waals surface area contributed by atoms with E-state index in [1.807, 2.05) is 0 Å². The van der Waals surface area contributed by atoms with Crippen LogP contribution in [-0.2, 0) is 4.79 Å². The number of ether oxygens (including phenoxy) is 1. The SMILES string of the molecule is Cc1nc(N)sc1C(=O)N[C@@H](CC1CCCCC1)C(=O)NCCNc1ccc(OC(F)(F)F)cc1. The van der Waals surface area contributed by atoms with Crippen LogP contribution in [-0.4, -0.2) is 42.3 Å². The lowest BCUT2D eigenvalue weighted by Crippen LogP contribution is -2.48. The molecule has 1 atom stereocenters. The molecule has 5 N–H and O–H groups in total. The van der Waals surface area contributed by atoms with Gasteiger partial charge in [-0.15, -0.1) is 13.2 Å². The van der Waals surface area contributed by atoms with E-state index in [1.54, 1.807) is 6.92 Å². The zero-order chi connectivity index (χ0) is 25.4. The Morgan fingerprint density at radius 3 is 2.46 bits per heavy atom. The van der Waals surface area contributed by atoms with Gasteiger partial charge in [0.2, 0.25) is 5.91 Å². The van der Waals surface area contributed by atoms with Crippen LogP contribution < -0.4 is 26.4 Å². The summed E-state index contributed by atoms with van der Waals surface area (Å²) in [5, 5.41) is 9.01. The fourth-order valence-electron chi connectivity index (χ4n) is 4.13. The lowest BCUT2D eigenvalue weighted by atomic mass is 9.84. The molecule has 1 aromatic heterocycles. The second kappa shape index (κ2) is 12.1. The number of benzene rings is 1. The Morgan fingerprint density at radius 2 is 1.86 bits per heavy atom. The Balaban J connectivity index is 1.52. The van der Waals surface area contributed by atoms with Gasteiger partial charge in [0.15, 0.2) is 5.13 Å². The van der Waals surface area contributed by atoms with Gasteiger partial charge in [-0.2, -0.15) is 0 Å². The fourth-order valence-corrected chi connectivity index (χ4v) is 4.87. The lowest BCUT2D eigenvalue weighted by Gasteiger charge is -2.26. The maximum atomic E-state index is 12.9. The van der Waals surface area contributed by atoms with E-state index in [0.29, 0.717) is 40.3 Å². The zero-order valence-corrected chi connectivity index (χ0v) is 20.2. The van der Waals surface area contributed by atoms with Crippen LogP contribution in [0.1, 0.15) is 53.9 Å². The summed E-state index contributed by atoms with van der Waals surface area (Å²) in [5.74, 6) is -0.597. The lowest BCUT2D eigenvalue weighted by molar-refractivity contribution is -0.274. The highest BCUT2D eigenvalue weighted by Gasteiger charge is 2.31. The molecule has 12 heteroatoms. The highest BCUT2D eigenvalue weighted by molar-refractivity contribution is 7.17. The monoisotopic (exact) mass is 513 g/mol. The van der Waals surface area contributed by atoms with Gasteiger partial charge >= 0.3 is 6.36 Å². The number of aryl methyl sites for hydroxylation is 1. The summed E-state index contributed by atoms with van der Waals surface area (Å²) < 4.78 is 40.6. The van der Waals surface area contributed by atoms with Gasteiger partial charge in [-0.3, -0.25) is 9.59 Å². The van der Waals surface area contributed by atoms with Crippen LogP contribution in [0.15, 0.2) is 24.3 Å². The molecule has 3 rings (SSSR count). The summed E-state index contributed by atoms with van der Waals surface area (Å²) in [7, 11) is 0. The second-order valence-electron chi connectivity index (χ2n) is 8.52. The summed E-state index contributed by atoms with van der Waals surface area (Å²) in [4.78, 5) is 30.2. The van der Waals surface area contributed by atoms with Crippen molar-refractivity contribution in [1.82, 2.24) is 15.6 Å². The van der Waals surface area contributed by atoms with Gasteiger partial charge < -0.3 is 26.4 Å². The molecule has 0 unspecified atom stereocenters. The third kappa shape index (κ3) is 8.61. The standard InChI is InChI=1S/C23H30F3N5O3S/c1-14-19(35-22(27)30-14)21(33)31-18(13-15-5-3-2-4-6-15)20(32)29-12-11-28-16-7-9-17(10-8-16)34-23(24,25)26/h7-10,15,18,28H,2-6,11-13H2,1H3,(H2,27,30)(H,29,32)(H,31,33)/t18-/m0/s1. The number of carbonyl (C=O) groups is 2. The Kier molecular flexibility index (Phi) is 9.19. The average molecular weight is 514 g/mol. The van der Waals surface area contributed by atoms with Crippen LogP contribution >= 0.6 is 11.3 Å². The fraction of sp³-hybridized carbons (Fsp3) is 0.522. The molecule has 1 fully saturated rings. The van der Waals surface area contributed by atoms with E-state index in [9.17, 15) is 22.8 Å². The van der Waals surface area contributed by atoms with E-state index in [1.165, 1.54) is 30.7 Å². The molecule has 0 spiro atoms. The summed E-state index contributed by atoms with van der Waals surface area (Å²) >= 11 is 1.09. The topological polar surface area (TPSA) is 118 Å². The number of hydrogen-bond donors (Lipinski definition) is 4. The number of alkyl halides is 3. The second-order valence-corrected chi connectivity index (χ2v) is 9.55. The van der Waals surface area contributed by atoms with Crippen molar-refractivity contribution < 1.29 is 27.5 Å². The van der Waals surface area contributed by atoms with Crippen molar-refractivity contribution in [3.05, 3.63) is 34.8 Å². The Bertz CT molecular complexity index is 991. The van der Waals surface area contributed by atoms with Gasteiger partial charge in [0.1, 0.15) is 16.7 Å². The molecule has 1 aliphatic carbocycles. The van der Waals surface area contributed by atoms with E-state index in [4.69, 9.17) is 5.73 Å². The van der Waals surface area contributed by atoms with Gasteiger partial charge in [0.05, 0.1) is 5.69 Å². The van der Waals surface area contributed by atoms with Crippen molar-refractivity contribution in [2.75, 3.05) is 24.1 Å². The third-order valence-corrected chi connectivity index (χ3v) is 6.76. The van der Waals surface area contributed by atoms with E-state index in [2.05, 4.69) is 25.7 Å². The van der Waals surface area contributed by atoms with Crippen molar-refractivity contribution in [2.24, 2.45) is 5.92 Å². The van der Waals surface area contributed by atoms with Crippen LogP contribution in [0, 0.1) is 12.8 Å². The molecular weight excluding hydrogens is 483 g/mol. The minimum Gasteiger partial charge on any atom is -0.406 e. The predicted octanol–water partition coefficient (Wildman–Crippen LogP) is 4.23. The minimum absolute atomic E-state index is 0.267. The maximum Gasteiger partial charge on any atom is 0.573 e. The summed E-state index contributed by atoms with van der Waals surface area (Å²) in [6.07, 6.45) is 1.30. The van der Waals surface area contributed by atoms with Crippen LogP contribution in [0.3, 0.4) is 0 Å². The van der Waals surface area contributed by atoms with Gasteiger partial charge in [-0.25, -0.2) is 4.98 Å². The molecule has 2 amide bonds. The normalized spacial score (nSPS) is 15.3. The number of amides is 2. The van der Waals surface area contributed by atoms with Gasteiger partial charge in [0, 0.05) is 18.8 Å². The van der Waals surface area contributed by atoms with Crippen LogP contribution in [0.5, 0.6) is 5.75 Å². The summed E-state index contributed by atoms with van der Waals surface area (Å²) in [5.41, 5.74) is 6.81. The van der Waals surface area contributed by atoms with Crippen molar-refractivity contribution in [3.8, 4) is 5.75 Å². The largest absolute Gasteiger partial charge is 0.573 e. The molecule has 1 aliphatic rings. The van der Waals surface area contributed by atoms with Gasteiger partial charge in [0.25, 0.3) is 5.91 Å². The molecule has 1 heterocycles. The minimum atomic E-state index is -4.74. The maximum absolute atomic E-state index is 12.9. The summed E-state index contributed by atoms with van der Waals surface area (Å²) in [6, 6.07) is 4.64. The molecule has 0 aliphatic heterocycles. The number of rotatable bonds is 10. The Labute approximate surface area is 205 Å². The predicted molar refractivity (Wildman–Crippen MR) is 128 cm³/mol. The van der Waals surface area contributed by atoms with Crippen molar-refractivity contribution in [2.45, 2.75) is 57.9 Å².